The lowest BCUT2D eigenvalue weighted by Gasteiger charge is -2.25. The van der Waals surface area contributed by atoms with Crippen molar-refractivity contribution in [2.75, 3.05) is 11.4 Å². The minimum Gasteiger partial charge on any atom is -0.363 e. The Morgan fingerprint density at radius 2 is 1.44 bits per heavy atom. The van der Waals surface area contributed by atoms with Crippen molar-refractivity contribution in [1.82, 2.24) is 0 Å². The molecule has 0 aliphatic rings. The smallest absolute Gasteiger partial charge is 0.0629 e. The first-order valence-electron chi connectivity index (χ1n) is 8.45. The van der Waals surface area contributed by atoms with Gasteiger partial charge in [-0.05, 0) is 23.8 Å². The van der Waals surface area contributed by atoms with Crippen LogP contribution in [0.3, 0.4) is 0 Å². The number of benzene rings is 3. The van der Waals surface area contributed by atoms with Crippen molar-refractivity contribution >= 4 is 17.6 Å². The van der Waals surface area contributed by atoms with Crippen molar-refractivity contribution in [1.29, 1.82) is 0 Å². The van der Waals surface area contributed by atoms with Gasteiger partial charge in [0.1, 0.15) is 0 Å². The topological polar surface area (TPSA) is 15.6 Å². The molecule has 0 radical (unpaired) electrons. The number of hydrogen-bond donors (Lipinski definition) is 0. The monoisotopic (exact) mass is 326 g/mol. The average Bonchev–Trinajstić information content (AvgIpc) is 2.68. The Morgan fingerprint density at radius 3 is 2.16 bits per heavy atom. The van der Waals surface area contributed by atoms with Gasteiger partial charge in [-0.2, -0.15) is 0 Å². The minimum absolute atomic E-state index is 0.783. The molecule has 2 nitrogen and oxygen atoms in total. The van der Waals surface area contributed by atoms with E-state index in [1.54, 1.807) is 0 Å². The highest BCUT2D eigenvalue weighted by Gasteiger charge is 2.09. The normalized spacial score (nSPS) is 10.7. The van der Waals surface area contributed by atoms with E-state index in [9.17, 15) is 0 Å². The quantitative estimate of drug-likeness (QED) is 0.406. The van der Waals surface area contributed by atoms with Crippen LogP contribution in [0.4, 0.5) is 11.4 Å². The average molecular weight is 326 g/mol. The van der Waals surface area contributed by atoms with Gasteiger partial charge in [-0.25, -0.2) is 0 Å². The Bertz CT molecular complexity index is 823. The van der Waals surface area contributed by atoms with Gasteiger partial charge in [-0.3, -0.25) is 4.99 Å². The molecule has 3 aromatic carbocycles. The standard InChI is InChI=1S/C23H22N2/c1-2-17-25(19-20-11-5-3-6-12-20)23-16-10-9-13-21(23)18-24-22-14-7-4-8-15-22/h2-16,18H,1,17,19H2. The van der Waals surface area contributed by atoms with Crippen LogP contribution < -0.4 is 4.90 Å². The highest BCUT2D eigenvalue weighted by Crippen LogP contribution is 2.22. The van der Waals surface area contributed by atoms with E-state index >= 15 is 0 Å². The number of anilines is 1. The highest BCUT2D eigenvalue weighted by molar-refractivity contribution is 5.89. The Labute approximate surface area is 149 Å². The molecule has 0 N–H and O–H groups in total. The lowest BCUT2D eigenvalue weighted by molar-refractivity contribution is 0.867. The van der Waals surface area contributed by atoms with Crippen LogP contribution in [-0.2, 0) is 6.54 Å². The molecule has 0 aromatic heterocycles. The van der Waals surface area contributed by atoms with Crippen LogP contribution in [-0.4, -0.2) is 12.8 Å². The fourth-order valence-corrected chi connectivity index (χ4v) is 2.75. The summed E-state index contributed by atoms with van der Waals surface area (Å²) in [7, 11) is 0. The third-order valence-corrected chi connectivity index (χ3v) is 3.95. The van der Waals surface area contributed by atoms with E-state index in [1.807, 2.05) is 54.8 Å². The van der Waals surface area contributed by atoms with Crippen molar-refractivity contribution in [2.45, 2.75) is 6.54 Å². The molecule has 0 saturated heterocycles. The first kappa shape index (κ1) is 16.7. The molecule has 3 rings (SSSR count). The van der Waals surface area contributed by atoms with E-state index in [4.69, 9.17) is 0 Å². The van der Waals surface area contributed by atoms with Gasteiger partial charge < -0.3 is 4.90 Å². The maximum Gasteiger partial charge on any atom is 0.0629 e. The summed E-state index contributed by atoms with van der Waals surface area (Å²) in [5, 5.41) is 0. The van der Waals surface area contributed by atoms with E-state index in [0.717, 1.165) is 30.0 Å². The summed E-state index contributed by atoms with van der Waals surface area (Å²) in [5.41, 5.74) is 4.49. The molecule has 124 valence electrons. The first-order valence-corrected chi connectivity index (χ1v) is 8.45. The molecule has 0 heterocycles. The van der Waals surface area contributed by atoms with E-state index in [1.165, 1.54) is 5.56 Å². The predicted octanol–water partition coefficient (Wildman–Crippen LogP) is 5.63. The SMILES string of the molecule is C=CCN(Cc1ccccc1)c1ccccc1C=Nc1ccccc1. The molecule has 25 heavy (non-hydrogen) atoms. The number of nitrogens with zero attached hydrogens (tertiary/aromatic N) is 2. The predicted molar refractivity (Wildman–Crippen MR) is 108 cm³/mol. The second-order valence-electron chi connectivity index (χ2n) is 5.81. The molecule has 0 bridgehead atoms. The fourth-order valence-electron chi connectivity index (χ4n) is 2.75. The number of rotatable bonds is 7. The van der Waals surface area contributed by atoms with Gasteiger partial charge in [0.15, 0.2) is 0 Å². The molecule has 0 spiro atoms. The molecule has 0 atom stereocenters. The first-order chi connectivity index (χ1) is 12.4. The van der Waals surface area contributed by atoms with E-state index in [2.05, 4.69) is 58.9 Å². The highest BCUT2D eigenvalue weighted by atomic mass is 15.1. The molecule has 0 amide bonds. The van der Waals surface area contributed by atoms with Gasteiger partial charge in [0.2, 0.25) is 0 Å². The Hall–Kier alpha value is -3.13. The molecule has 0 aliphatic carbocycles. The second kappa shape index (κ2) is 8.65. The molecular formula is C23H22N2. The summed E-state index contributed by atoms with van der Waals surface area (Å²) >= 11 is 0. The zero-order chi connectivity index (χ0) is 17.3. The van der Waals surface area contributed by atoms with Crippen LogP contribution in [0.25, 0.3) is 0 Å². The molecular weight excluding hydrogens is 304 g/mol. The van der Waals surface area contributed by atoms with E-state index < -0.39 is 0 Å². The summed E-state index contributed by atoms with van der Waals surface area (Å²) in [6.45, 7) is 5.53. The van der Waals surface area contributed by atoms with Crippen molar-refractivity contribution in [3.8, 4) is 0 Å². The van der Waals surface area contributed by atoms with Gasteiger partial charge in [0.05, 0.1) is 5.69 Å². The third kappa shape index (κ3) is 4.67. The van der Waals surface area contributed by atoms with Crippen LogP contribution in [0.1, 0.15) is 11.1 Å². The Kier molecular flexibility index (Phi) is 5.78. The summed E-state index contributed by atoms with van der Waals surface area (Å²) in [6, 6.07) is 28.8. The maximum atomic E-state index is 4.61. The van der Waals surface area contributed by atoms with Crippen LogP contribution in [0, 0.1) is 0 Å². The molecule has 0 fully saturated rings. The van der Waals surface area contributed by atoms with Gasteiger partial charge >= 0.3 is 0 Å². The molecule has 0 unspecified atom stereocenters. The maximum absolute atomic E-state index is 4.61. The van der Waals surface area contributed by atoms with Gasteiger partial charge in [-0.1, -0.05) is 72.8 Å². The number of hydrogen-bond acceptors (Lipinski definition) is 2. The Morgan fingerprint density at radius 1 is 0.800 bits per heavy atom. The lowest BCUT2D eigenvalue weighted by Crippen LogP contribution is -2.23. The fraction of sp³-hybridized carbons (Fsp3) is 0.0870. The largest absolute Gasteiger partial charge is 0.363 e. The van der Waals surface area contributed by atoms with Crippen molar-refractivity contribution < 1.29 is 0 Å². The number of aliphatic imine (C=N–C) groups is 1. The van der Waals surface area contributed by atoms with E-state index in [-0.39, 0.29) is 0 Å². The van der Waals surface area contributed by atoms with E-state index in [0.29, 0.717) is 0 Å². The van der Waals surface area contributed by atoms with Crippen LogP contribution in [0.2, 0.25) is 0 Å². The van der Waals surface area contributed by atoms with Crippen LogP contribution in [0.5, 0.6) is 0 Å². The van der Waals surface area contributed by atoms with Gasteiger partial charge in [0, 0.05) is 30.6 Å². The molecule has 0 aliphatic heterocycles. The second-order valence-corrected chi connectivity index (χ2v) is 5.81. The summed E-state index contributed by atoms with van der Waals surface area (Å²) in [5.74, 6) is 0. The minimum atomic E-state index is 0.783. The molecule has 0 saturated carbocycles. The third-order valence-electron chi connectivity index (χ3n) is 3.95. The van der Waals surface area contributed by atoms with Crippen molar-refractivity contribution in [3.63, 3.8) is 0 Å². The van der Waals surface area contributed by atoms with Crippen molar-refractivity contribution in [3.05, 3.63) is 109 Å². The molecule has 3 aromatic rings. The summed E-state index contributed by atoms with van der Waals surface area (Å²) in [4.78, 5) is 6.92. The van der Waals surface area contributed by atoms with Gasteiger partial charge in [-0.15, -0.1) is 6.58 Å². The van der Waals surface area contributed by atoms with Gasteiger partial charge in [0.25, 0.3) is 0 Å². The zero-order valence-corrected chi connectivity index (χ0v) is 14.3. The number of para-hydroxylation sites is 2. The lowest BCUT2D eigenvalue weighted by atomic mass is 10.1. The van der Waals surface area contributed by atoms with Crippen LogP contribution >= 0.6 is 0 Å². The van der Waals surface area contributed by atoms with Crippen LogP contribution in [0.15, 0.2) is 103 Å². The zero-order valence-electron chi connectivity index (χ0n) is 14.3. The summed E-state index contributed by atoms with van der Waals surface area (Å²) < 4.78 is 0. The molecule has 2 heteroatoms. The summed E-state index contributed by atoms with van der Waals surface area (Å²) in [6.07, 6.45) is 3.87. The Balaban J connectivity index is 1.88. The van der Waals surface area contributed by atoms with Crippen molar-refractivity contribution in [2.24, 2.45) is 4.99 Å².